The highest BCUT2D eigenvalue weighted by Gasteiger charge is 2.09. The zero-order valence-corrected chi connectivity index (χ0v) is 12.1. The van der Waals surface area contributed by atoms with Crippen molar-refractivity contribution in [2.45, 2.75) is 0 Å². The molecule has 20 heavy (non-hydrogen) atoms. The molecule has 0 saturated carbocycles. The van der Waals surface area contributed by atoms with Crippen molar-refractivity contribution in [2.24, 2.45) is 0 Å². The standard InChI is InChI=1S/C18H16NP/c1-4-10-16(11-5-1)19(17-12-6-2-7-13-17)20-18-14-8-3-9-15-18/h1-15,20H. The highest BCUT2D eigenvalue weighted by Crippen LogP contribution is 2.35. The molecule has 1 nitrogen and oxygen atoms in total. The molecule has 0 heterocycles. The van der Waals surface area contributed by atoms with Crippen LogP contribution in [0, 0.1) is 0 Å². The van der Waals surface area contributed by atoms with E-state index in [9.17, 15) is 0 Å². The third-order valence-electron chi connectivity index (χ3n) is 3.04. The lowest BCUT2D eigenvalue weighted by Crippen LogP contribution is -2.10. The van der Waals surface area contributed by atoms with Crippen LogP contribution in [-0.2, 0) is 0 Å². The Morgan fingerprint density at radius 1 is 0.500 bits per heavy atom. The third-order valence-corrected chi connectivity index (χ3v) is 4.38. The predicted octanol–water partition coefficient (Wildman–Crippen LogP) is 4.74. The first-order valence-corrected chi connectivity index (χ1v) is 7.60. The van der Waals surface area contributed by atoms with Crippen molar-refractivity contribution in [1.29, 1.82) is 0 Å². The Morgan fingerprint density at radius 2 is 0.900 bits per heavy atom. The van der Waals surface area contributed by atoms with Crippen LogP contribution in [0.2, 0.25) is 0 Å². The van der Waals surface area contributed by atoms with E-state index < -0.39 is 0 Å². The molecule has 0 N–H and O–H groups in total. The maximum atomic E-state index is 2.36. The van der Waals surface area contributed by atoms with Crippen LogP contribution >= 0.6 is 8.73 Å². The van der Waals surface area contributed by atoms with Crippen LogP contribution in [0.1, 0.15) is 0 Å². The van der Waals surface area contributed by atoms with Gasteiger partial charge in [0.05, 0.1) is 0 Å². The van der Waals surface area contributed by atoms with Crippen LogP contribution in [0.5, 0.6) is 0 Å². The lowest BCUT2D eigenvalue weighted by molar-refractivity contribution is 1.43. The molecular formula is C18H16NP. The van der Waals surface area contributed by atoms with Gasteiger partial charge in [0, 0.05) is 20.1 Å². The number of benzene rings is 3. The Morgan fingerprint density at radius 3 is 1.35 bits per heavy atom. The number of nitrogens with zero attached hydrogens (tertiary/aromatic N) is 1. The fourth-order valence-electron chi connectivity index (χ4n) is 2.07. The first-order valence-electron chi connectivity index (χ1n) is 6.65. The van der Waals surface area contributed by atoms with Crippen molar-refractivity contribution >= 4 is 25.4 Å². The van der Waals surface area contributed by atoms with Crippen LogP contribution < -0.4 is 9.97 Å². The Labute approximate surface area is 121 Å². The summed E-state index contributed by atoms with van der Waals surface area (Å²) >= 11 is 0. The van der Waals surface area contributed by atoms with Gasteiger partial charge in [-0.15, -0.1) is 0 Å². The zero-order valence-electron chi connectivity index (χ0n) is 11.1. The number of para-hydroxylation sites is 2. The van der Waals surface area contributed by atoms with Gasteiger partial charge in [0.25, 0.3) is 0 Å². The number of anilines is 2. The Bertz CT molecular complexity index is 599. The molecule has 0 spiro atoms. The molecule has 1 unspecified atom stereocenters. The molecule has 98 valence electrons. The molecule has 0 radical (unpaired) electrons. The fraction of sp³-hybridized carbons (Fsp3) is 0. The van der Waals surface area contributed by atoms with Gasteiger partial charge in [-0.25, -0.2) is 0 Å². The summed E-state index contributed by atoms with van der Waals surface area (Å²) in [5, 5.41) is 1.33. The minimum atomic E-state index is 0.584. The molecule has 3 aromatic rings. The van der Waals surface area contributed by atoms with Crippen LogP contribution in [0.4, 0.5) is 11.4 Å². The van der Waals surface area contributed by atoms with E-state index in [2.05, 4.69) is 95.7 Å². The summed E-state index contributed by atoms with van der Waals surface area (Å²) in [6, 6.07) is 31.7. The molecule has 0 bridgehead atoms. The molecule has 3 aromatic carbocycles. The van der Waals surface area contributed by atoms with Crippen LogP contribution in [0.25, 0.3) is 0 Å². The zero-order chi connectivity index (χ0) is 13.6. The first-order chi connectivity index (χ1) is 9.93. The predicted molar refractivity (Wildman–Crippen MR) is 89.4 cm³/mol. The van der Waals surface area contributed by atoms with Crippen molar-refractivity contribution in [1.82, 2.24) is 0 Å². The summed E-state index contributed by atoms with van der Waals surface area (Å²) in [6.07, 6.45) is 0. The van der Waals surface area contributed by atoms with Gasteiger partial charge in [0.1, 0.15) is 0 Å². The molecular weight excluding hydrogens is 261 g/mol. The molecule has 0 aromatic heterocycles. The van der Waals surface area contributed by atoms with Gasteiger partial charge in [-0.1, -0.05) is 66.7 Å². The minimum absolute atomic E-state index is 0.584. The topological polar surface area (TPSA) is 3.24 Å². The molecule has 0 saturated heterocycles. The van der Waals surface area contributed by atoms with E-state index in [-0.39, 0.29) is 0 Å². The van der Waals surface area contributed by atoms with E-state index in [0.29, 0.717) is 8.73 Å². The smallest absolute Gasteiger partial charge is 0.0448 e. The highest BCUT2D eigenvalue weighted by atomic mass is 31.1. The molecule has 0 aliphatic rings. The Hall–Kier alpha value is -2.11. The van der Waals surface area contributed by atoms with Crippen molar-refractivity contribution in [3.8, 4) is 0 Å². The summed E-state index contributed by atoms with van der Waals surface area (Å²) in [5.74, 6) is 0. The van der Waals surface area contributed by atoms with Crippen molar-refractivity contribution < 1.29 is 0 Å². The van der Waals surface area contributed by atoms with Crippen molar-refractivity contribution in [2.75, 3.05) is 4.67 Å². The SMILES string of the molecule is c1ccc(PN(c2ccccc2)c2ccccc2)cc1. The van der Waals surface area contributed by atoms with Crippen LogP contribution in [-0.4, -0.2) is 0 Å². The van der Waals surface area contributed by atoms with Gasteiger partial charge in [0.15, 0.2) is 0 Å². The quantitative estimate of drug-likeness (QED) is 0.622. The number of hydrogen-bond acceptors (Lipinski definition) is 1. The second kappa shape index (κ2) is 6.36. The second-order valence-electron chi connectivity index (χ2n) is 4.48. The van der Waals surface area contributed by atoms with E-state index in [1.807, 2.05) is 0 Å². The van der Waals surface area contributed by atoms with Gasteiger partial charge >= 0.3 is 0 Å². The molecule has 0 amide bonds. The normalized spacial score (nSPS) is 10.8. The summed E-state index contributed by atoms with van der Waals surface area (Å²) in [4.78, 5) is 0. The lowest BCUT2D eigenvalue weighted by atomic mass is 10.3. The van der Waals surface area contributed by atoms with Crippen molar-refractivity contribution in [3.05, 3.63) is 91.0 Å². The largest absolute Gasteiger partial charge is 0.318 e. The maximum Gasteiger partial charge on any atom is 0.0448 e. The molecule has 0 aliphatic carbocycles. The van der Waals surface area contributed by atoms with Crippen LogP contribution in [0.3, 0.4) is 0 Å². The average Bonchev–Trinajstić information content (AvgIpc) is 2.55. The Kier molecular flexibility index (Phi) is 4.10. The molecule has 3 rings (SSSR count). The summed E-state index contributed by atoms with van der Waals surface area (Å²) < 4.78 is 2.36. The molecule has 2 heteroatoms. The second-order valence-corrected chi connectivity index (χ2v) is 5.73. The van der Waals surface area contributed by atoms with E-state index >= 15 is 0 Å². The monoisotopic (exact) mass is 277 g/mol. The summed E-state index contributed by atoms with van der Waals surface area (Å²) in [5.41, 5.74) is 2.45. The maximum absolute atomic E-state index is 2.36. The number of hydrogen-bond donors (Lipinski definition) is 0. The van der Waals surface area contributed by atoms with E-state index in [4.69, 9.17) is 0 Å². The average molecular weight is 277 g/mol. The van der Waals surface area contributed by atoms with E-state index in [0.717, 1.165) is 0 Å². The van der Waals surface area contributed by atoms with Gasteiger partial charge in [-0.2, -0.15) is 0 Å². The van der Waals surface area contributed by atoms with E-state index in [1.54, 1.807) is 0 Å². The van der Waals surface area contributed by atoms with Gasteiger partial charge < -0.3 is 4.67 Å². The molecule has 0 aliphatic heterocycles. The first kappa shape index (κ1) is 12.9. The van der Waals surface area contributed by atoms with Crippen molar-refractivity contribution in [3.63, 3.8) is 0 Å². The fourth-order valence-corrected chi connectivity index (χ4v) is 3.23. The molecule has 1 atom stereocenters. The lowest BCUT2D eigenvalue weighted by Gasteiger charge is -2.24. The summed E-state index contributed by atoms with van der Waals surface area (Å²) in [6.45, 7) is 0. The van der Waals surface area contributed by atoms with Crippen LogP contribution in [0.15, 0.2) is 91.0 Å². The van der Waals surface area contributed by atoms with Gasteiger partial charge in [-0.3, -0.25) is 0 Å². The Balaban J connectivity index is 1.96. The summed E-state index contributed by atoms with van der Waals surface area (Å²) in [7, 11) is 0.584. The highest BCUT2D eigenvalue weighted by molar-refractivity contribution is 7.49. The minimum Gasteiger partial charge on any atom is -0.318 e. The van der Waals surface area contributed by atoms with E-state index in [1.165, 1.54) is 16.7 Å². The number of rotatable bonds is 4. The van der Waals surface area contributed by atoms with Gasteiger partial charge in [0.2, 0.25) is 0 Å². The molecule has 0 fully saturated rings. The van der Waals surface area contributed by atoms with Gasteiger partial charge in [-0.05, 0) is 29.6 Å². The third kappa shape index (κ3) is 3.07.